The van der Waals surface area contributed by atoms with E-state index in [2.05, 4.69) is 12.1 Å². The lowest BCUT2D eigenvalue weighted by atomic mass is 10.0. The summed E-state index contributed by atoms with van der Waals surface area (Å²) in [7, 11) is 1.63. The first kappa shape index (κ1) is 16.7. The fourth-order valence-electron chi connectivity index (χ4n) is 2.60. The highest BCUT2D eigenvalue weighted by Gasteiger charge is 2.02. The Morgan fingerprint density at radius 3 is 2.12 bits per heavy atom. The first-order valence-electron chi connectivity index (χ1n) is 8.24. The van der Waals surface area contributed by atoms with Gasteiger partial charge >= 0.3 is 0 Å². The summed E-state index contributed by atoms with van der Waals surface area (Å²) in [5, 5.41) is 0. The summed E-state index contributed by atoms with van der Waals surface area (Å²) in [6, 6.07) is 25.7. The molecule has 0 bridgehead atoms. The molecule has 0 heterocycles. The summed E-state index contributed by atoms with van der Waals surface area (Å²) in [4.78, 5) is 12.3. The average molecular weight is 328 g/mol. The molecule has 0 fully saturated rings. The molecule has 0 saturated carbocycles. The quantitative estimate of drug-likeness (QED) is 0.460. The maximum absolute atomic E-state index is 12.3. The minimum atomic E-state index is 0.00193. The molecule has 3 aromatic carbocycles. The third-order valence-corrected chi connectivity index (χ3v) is 4.03. The molecular weight excluding hydrogens is 308 g/mol. The van der Waals surface area contributed by atoms with Crippen molar-refractivity contribution in [3.8, 4) is 5.75 Å². The van der Waals surface area contributed by atoms with E-state index in [0.717, 1.165) is 17.7 Å². The Morgan fingerprint density at radius 2 is 1.48 bits per heavy atom. The van der Waals surface area contributed by atoms with Crippen LogP contribution in [0.2, 0.25) is 0 Å². The fourth-order valence-corrected chi connectivity index (χ4v) is 2.60. The number of ketones is 1. The van der Waals surface area contributed by atoms with Gasteiger partial charge in [-0.25, -0.2) is 0 Å². The number of ether oxygens (including phenoxy) is 1. The van der Waals surface area contributed by atoms with Crippen molar-refractivity contribution in [3.05, 3.63) is 107 Å². The summed E-state index contributed by atoms with van der Waals surface area (Å²) in [5.74, 6) is 0.805. The minimum Gasteiger partial charge on any atom is -0.497 e. The number of rotatable bonds is 6. The maximum atomic E-state index is 12.3. The molecule has 0 aliphatic heterocycles. The molecule has 124 valence electrons. The normalized spacial score (nSPS) is 10.8. The van der Waals surface area contributed by atoms with Crippen molar-refractivity contribution in [2.24, 2.45) is 0 Å². The predicted octanol–water partition coefficient (Wildman–Crippen LogP) is 5.18. The molecule has 25 heavy (non-hydrogen) atoms. The molecule has 0 aliphatic rings. The third-order valence-electron chi connectivity index (χ3n) is 4.03. The van der Waals surface area contributed by atoms with Crippen LogP contribution in [0.3, 0.4) is 0 Å². The van der Waals surface area contributed by atoms with Gasteiger partial charge in [0.1, 0.15) is 5.75 Å². The minimum absolute atomic E-state index is 0.00193. The van der Waals surface area contributed by atoms with Crippen molar-refractivity contribution in [1.82, 2.24) is 0 Å². The van der Waals surface area contributed by atoms with Crippen LogP contribution in [-0.4, -0.2) is 12.9 Å². The second kappa shape index (κ2) is 8.11. The predicted molar refractivity (Wildman–Crippen MR) is 102 cm³/mol. The first-order chi connectivity index (χ1) is 12.2. The van der Waals surface area contributed by atoms with Gasteiger partial charge in [0.15, 0.2) is 5.78 Å². The summed E-state index contributed by atoms with van der Waals surface area (Å²) in [6.07, 6.45) is 4.30. The van der Waals surface area contributed by atoms with Gasteiger partial charge in [0.2, 0.25) is 0 Å². The second-order valence-corrected chi connectivity index (χ2v) is 5.83. The Bertz CT molecular complexity index is 845. The van der Waals surface area contributed by atoms with Gasteiger partial charge in [0.05, 0.1) is 7.11 Å². The Balaban J connectivity index is 1.64. The molecule has 0 aliphatic carbocycles. The van der Waals surface area contributed by atoms with E-state index >= 15 is 0 Å². The number of hydrogen-bond donors (Lipinski definition) is 0. The van der Waals surface area contributed by atoms with Crippen molar-refractivity contribution in [1.29, 1.82) is 0 Å². The van der Waals surface area contributed by atoms with Crippen LogP contribution in [-0.2, 0) is 6.42 Å². The van der Waals surface area contributed by atoms with Crippen LogP contribution < -0.4 is 4.74 Å². The van der Waals surface area contributed by atoms with E-state index in [-0.39, 0.29) is 5.78 Å². The van der Waals surface area contributed by atoms with Crippen LogP contribution in [0.4, 0.5) is 0 Å². The van der Waals surface area contributed by atoms with Gasteiger partial charge in [-0.3, -0.25) is 4.79 Å². The van der Waals surface area contributed by atoms with E-state index < -0.39 is 0 Å². The van der Waals surface area contributed by atoms with Crippen LogP contribution in [0.25, 0.3) is 6.08 Å². The molecule has 0 atom stereocenters. The van der Waals surface area contributed by atoms with Gasteiger partial charge in [0, 0.05) is 5.56 Å². The molecule has 0 amide bonds. The van der Waals surface area contributed by atoms with E-state index in [4.69, 9.17) is 4.74 Å². The van der Waals surface area contributed by atoms with E-state index in [1.165, 1.54) is 11.1 Å². The fraction of sp³-hybridized carbons (Fsp3) is 0.0870. The lowest BCUT2D eigenvalue weighted by Crippen LogP contribution is -1.95. The van der Waals surface area contributed by atoms with Gasteiger partial charge in [-0.15, -0.1) is 0 Å². The summed E-state index contributed by atoms with van der Waals surface area (Å²) in [5.41, 5.74) is 4.12. The Hall–Kier alpha value is -3.13. The van der Waals surface area contributed by atoms with E-state index in [1.54, 1.807) is 13.2 Å². The number of carbonyl (C=O) groups is 1. The lowest BCUT2D eigenvalue weighted by molar-refractivity contribution is 0.104. The van der Waals surface area contributed by atoms with Crippen LogP contribution in [0.1, 0.15) is 27.0 Å². The van der Waals surface area contributed by atoms with Crippen molar-refractivity contribution < 1.29 is 9.53 Å². The van der Waals surface area contributed by atoms with Crippen LogP contribution >= 0.6 is 0 Å². The van der Waals surface area contributed by atoms with E-state index in [0.29, 0.717) is 5.56 Å². The van der Waals surface area contributed by atoms with Crippen LogP contribution in [0.5, 0.6) is 5.75 Å². The highest BCUT2D eigenvalue weighted by molar-refractivity contribution is 6.06. The monoisotopic (exact) mass is 328 g/mol. The lowest BCUT2D eigenvalue weighted by Gasteiger charge is -2.03. The SMILES string of the molecule is COc1ccc(/C=C/C(=O)c2ccc(Cc3ccccc3)cc2)cc1. The van der Waals surface area contributed by atoms with Crippen molar-refractivity contribution in [3.63, 3.8) is 0 Å². The van der Waals surface area contributed by atoms with Gasteiger partial charge in [-0.05, 0) is 41.3 Å². The second-order valence-electron chi connectivity index (χ2n) is 5.83. The van der Waals surface area contributed by atoms with Crippen molar-refractivity contribution in [2.75, 3.05) is 7.11 Å². The number of carbonyl (C=O) groups excluding carboxylic acids is 1. The van der Waals surface area contributed by atoms with Crippen molar-refractivity contribution >= 4 is 11.9 Å². The highest BCUT2D eigenvalue weighted by atomic mass is 16.5. The first-order valence-corrected chi connectivity index (χ1v) is 8.24. The molecule has 2 nitrogen and oxygen atoms in total. The van der Waals surface area contributed by atoms with Gasteiger partial charge in [-0.2, -0.15) is 0 Å². The molecule has 2 heteroatoms. The zero-order valence-electron chi connectivity index (χ0n) is 14.2. The average Bonchev–Trinajstić information content (AvgIpc) is 2.68. The third kappa shape index (κ3) is 4.67. The summed E-state index contributed by atoms with van der Waals surface area (Å²) >= 11 is 0. The number of allylic oxidation sites excluding steroid dienone is 1. The molecule has 0 N–H and O–H groups in total. The summed E-state index contributed by atoms with van der Waals surface area (Å²) in [6.45, 7) is 0. The Labute approximate surface area is 148 Å². The molecule has 0 saturated heterocycles. The summed E-state index contributed by atoms with van der Waals surface area (Å²) < 4.78 is 5.13. The molecule has 3 aromatic rings. The Kier molecular flexibility index (Phi) is 5.43. The van der Waals surface area contributed by atoms with Gasteiger partial charge in [0.25, 0.3) is 0 Å². The van der Waals surface area contributed by atoms with Gasteiger partial charge < -0.3 is 4.74 Å². The molecular formula is C23H20O2. The molecule has 0 aromatic heterocycles. The zero-order chi connectivity index (χ0) is 17.5. The van der Waals surface area contributed by atoms with E-state index in [9.17, 15) is 4.79 Å². The number of benzene rings is 3. The smallest absolute Gasteiger partial charge is 0.185 e. The topological polar surface area (TPSA) is 26.3 Å². The molecule has 0 unspecified atom stereocenters. The maximum Gasteiger partial charge on any atom is 0.185 e. The standard InChI is InChI=1S/C23H20O2/c1-25-22-14-9-18(10-15-22)11-16-23(24)21-12-7-20(8-13-21)17-19-5-3-2-4-6-19/h2-16H,17H2,1H3/b16-11+. The van der Waals surface area contributed by atoms with E-state index in [1.807, 2.05) is 72.8 Å². The largest absolute Gasteiger partial charge is 0.497 e. The molecule has 0 spiro atoms. The highest BCUT2D eigenvalue weighted by Crippen LogP contribution is 2.14. The molecule has 0 radical (unpaired) electrons. The molecule has 3 rings (SSSR count). The van der Waals surface area contributed by atoms with Gasteiger partial charge in [-0.1, -0.05) is 72.8 Å². The zero-order valence-corrected chi connectivity index (χ0v) is 14.2. The Morgan fingerprint density at radius 1 is 0.840 bits per heavy atom. The number of methoxy groups -OCH3 is 1. The van der Waals surface area contributed by atoms with Crippen LogP contribution in [0, 0.1) is 0 Å². The van der Waals surface area contributed by atoms with Crippen LogP contribution in [0.15, 0.2) is 84.9 Å². The number of hydrogen-bond acceptors (Lipinski definition) is 2. The van der Waals surface area contributed by atoms with Crippen molar-refractivity contribution in [2.45, 2.75) is 6.42 Å².